The normalized spacial score (nSPS) is 11.7. The van der Waals surface area contributed by atoms with E-state index in [2.05, 4.69) is 10.5 Å². The van der Waals surface area contributed by atoms with Crippen LogP contribution in [0.4, 0.5) is 0 Å². The van der Waals surface area contributed by atoms with Gasteiger partial charge in [0.1, 0.15) is 5.76 Å². The molecule has 1 aromatic heterocycles. The molecule has 21 heavy (non-hydrogen) atoms. The zero-order valence-corrected chi connectivity index (χ0v) is 11.9. The lowest BCUT2D eigenvalue weighted by atomic mass is 10.2. The first-order valence-corrected chi connectivity index (χ1v) is 7.29. The Morgan fingerprint density at radius 3 is 2.48 bits per heavy atom. The number of furan rings is 1. The Morgan fingerprint density at radius 2 is 1.90 bits per heavy atom. The fourth-order valence-corrected chi connectivity index (χ4v) is 1.92. The summed E-state index contributed by atoms with van der Waals surface area (Å²) < 4.78 is 36.7. The van der Waals surface area contributed by atoms with Crippen molar-refractivity contribution < 1.29 is 22.2 Å². The van der Waals surface area contributed by atoms with Crippen LogP contribution in [-0.4, -0.2) is 25.1 Å². The highest BCUT2D eigenvalue weighted by molar-refractivity contribution is 7.85. The minimum atomic E-state index is -4.65. The van der Waals surface area contributed by atoms with Crippen LogP contribution in [0.25, 0.3) is 0 Å². The summed E-state index contributed by atoms with van der Waals surface area (Å²) >= 11 is 5.69. The minimum absolute atomic E-state index is 0.0147. The van der Waals surface area contributed by atoms with E-state index in [1.54, 1.807) is 12.1 Å². The number of halogens is 1. The van der Waals surface area contributed by atoms with Crippen LogP contribution in [0.2, 0.25) is 5.02 Å². The van der Waals surface area contributed by atoms with Crippen LogP contribution in [0.1, 0.15) is 16.1 Å². The second kappa shape index (κ2) is 6.08. The third-order valence-corrected chi connectivity index (χ3v) is 3.28. The summed E-state index contributed by atoms with van der Waals surface area (Å²) in [6, 6.07) is 8.38. The van der Waals surface area contributed by atoms with Gasteiger partial charge in [-0.1, -0.05) is 11.6 Å². The van der Waals surface area contributed by atoms with Crippen molar-refractivity contribution in [1.82, 2.24) is 5.43 Å². The highest BCUT2D eigenvalue weighted by Crippen LogP contribution is 2.12. The van der Waals surface area contributed by atoms with Gasteiger partial charge in [0.25, 0.3) is 5.91 Å². The van der Waals surface area contributed by atoms with Crippen LogP contribution in [0.3, 0.4) is 0 Å². The fourth-order valence-electron chi connectivity index (χ4n) is 1.36. The summed E-state index contributed by atoms with van der Waals surface area (Å²) in [5.74, 6) is -0.466. The molecule has 2 rings (SSSR count). The largest absolute Gasteiger partial charge is 0.742 e. The van der Waals surface area contributed by atoms with E-state index >= 15 is 0 Å². The van der Waals surface area contributed by atoms with Crippen molar-refractivity contribution in [3.05, 3.63) is 52.7 Å². The first-order valence-electron chi connectivity index (χ1n) is 5.51. The van der Waals surface area contributed by atoms with Gasteiger partial charge in [0.05, 0.1) is 6.21 Å². The quantitative estimate of drug-likeness (QED) is 0.520. The molecule has 0 bridgehead atoms. The number of hydrogen-bond donors (Lipinski definition) is 1. The lowest BCUT2D eigenvalue weighted by Gasteiger charge is -2.00. The van der Waals surface area contributed by atoms with E-state index in [1.165, 1.54) is 18.2 Å². The second-order valence-corrected chi connectivity index (χ2v) is 5.56. The number of amides is 1. The molecule has 1 heterocycles. The predicted molar refractivity (Wildman–Crippen MR) is 73.2 cm³/mol. The molecule has 9 heteroatoms. The minimum Gasteiger partial charge on any atom is -0.742 e. The third kappa shape index (κ3) is 4.15. The molecule has 0 aliphatic rings. The van der Waals surface area contributed by atoms with E-state index in [9.17, 15) is 17.8 Å². The van der Waals surface area contributed by atoms with Crippen LogP contribution in [-0.2, 0) is 10.1 Å². The molecule has 0 radical (unpaired) electrons. The number of carbonyl (C=O) groups excluding carboxylic acids is 1. The lowest BCUT2D eigenvalue weighted by molar-refractivity contribution is 0.0955. The van der Waals surface area contributed by atoms with Gasteiger partial charge in [-0.15, -0.1) is 0 Å². The van der Waals surface area contributed by atoms with Gasteiger partial charge in [-0.2, -0.15) is 5.10 Å². The van der Waals surface area contributed by atoms with Crippen molar-refractivity contribution in [2.24, 2.45) is 5.10 Å². The van der Waals surface area contributed by atoms with Crippen molar-refractivity contribution in [2.75, 3.05) is 0 Å². The Labute approximate surface area is 125 Å². The van der Waals surface area contributed by atoms with Crippen molar-refractivity contribution in [3.63, 3.8) is 0 Å². The van der Waals surface area contributed by atoms with Crippen LogP contribution in [0.5, 0.6) is 0 Å². The van der Waals surface area contributed by atoms with E-state index in [-0.39, 0.29) is 5.76 Å². The molecular formula is C12H8ClN2O5S-. The van der Waals surface area contributed by atoms with Crippen molar-refractivity contribution >= 4 is 33.8 Å². The van der Waals surface area contributed by atoms with Crippen LogP contribution < -0.4 is 5.43 Å². The molecule has 0 aliphatic carbocycles. The molecule has 0 spiro atoms. The Bertz CT molecular complexity index is 780. The Morgan fingerprint density at radius 1 is 1.24 bits per heavy atom. The molecule has 0 saturated heterocycles. The number of nitrogens with zero attached hydrogens (tertiary/aromatic N) is 1. The maximum atomic E-state index is 11.7. The van der Waals surface area contributed by atoms with Crippen LogP contribution in [0, 0.1) is 0 Å². The number of hydrazone groups is 1. The zero-order valence-electron chi connectivity index (χ0n) is 10.3. The Balaban J connectivity index is 2.01. The van der Waals surface area contributed by atoms with Gasteiger partial charge < -0.3 is 8.97 Å². The van der Waals surface area contributed by atoms with Crippen molar-refractivity contribution in [2.45, 2.75) is 5.09 Å². The number of rotatable bonds is 4. The molecule has 2 aromatic rings. The molecule has 0 saturated carbocycles. The predicted octanol–water partition coefficient (Wildman–Crippen LogP) is 1.60. The molecule has 0 fully saturated rings. The average molecular weight is 328 g/mol. The van der Waals surface area contributed by atoms with Crippen LogP contribution in [0.15, 0.2) is 51.0 Å². The molecule has 1 amide bonds. The first-order chi connectivity index (χ1) is 9.86. The van der Waals surface area contributed by atoms with Gasteiger partial charge in [0.2, 0.25) is 5.09 Å². The molecule has 7 nitrogen and oxygen atoms in total. The molecule has 1 aromatic carbocycles. The number of hydrogen-bond acceptors (Lipinski definition) is 6. The monoisotopic (exact) mass is 327 g/mol. The fraction of sp³-hybridized carbons (Fsp3) is 0. The van der Waals surface area contributed by atoms with Crippen molar-refractivity contribution in [3.8, 4) is 0 Å². The van der Waals surface area contributed by atoms with Gasteiger partial charge >= 0.3 is 0 Å². The van der Waals surface area contributed by atoms with Gasteiger partial charge in [0, 0.05) is 10.6 Å². The number of nitrogens with one attached hydrogen (secondary N) is 1. The summed E-state index contributed by atoms with van der Waals surface area (Å²) in [6.45, 7) is 0. The molecule has 1 N–H and O–H groups in total. The summed E-state index contributed by atoms with van der Waals surface area (Å²) in [7, 11) is -4.65. The number of benzene rings is 1. The van der Waals surface area contributed by atoms with Crippen LogP contribution >= 0.6 is 11.6 Å². The van der Waals surface area contributed by atoms with Gasteiger partial charge in [-0.25, -0.2) is 13.8 Å². The first kappa shape index (κ1) is 15.2. The summed E-state index contributed by atoms with van der Waals surface area (Å²) in [5.41, 5.74) is 2.56. The lowest BCUT2D eigenvalue weighted by Crippen LogP contribution is -2.17. The summed E-state index contributed by atoms with van der Waals surface area (Å²) in [4.78, 5) is 11.7. The highest BCUT2D eigenvalue weighted by Gasteiger charge is 2.07. The smallest absolute Gasteiger partial charge is 0.271 e. The van der Waals surface area contributed by atoms with Crippen molar-refractivity contribution in [1.29, 1.82) is 0 Å². The third-order valence-electron chi connectivity index (χ3n) is 2.31. The summed E-state index contributed by atoms with van der Waals surface area (Å²) in [5, 5.41) is 3.37. The Kier molecular flexibility index (Phi) is 4.41. The van der Waals surface area contributed by atoms with E-state index in [0.717, 1.165) is 12.3 Å². The Hall–Kier alpha value is -2.16. The molecule has 110 valence electrons. The number of carbonyl (C=O) groups is 1. The maximum absolute atomic E-state index is 11.7. The molecule has 0 unspecified atom stereocenters. The molecule has 0 aliphatic heterocycles. The molecule has 0 atom stereocenters. The van der Waals surface area contributed by atoms with Gasteiger partial charge in [-0.3, -0.25) is 4.79 Å². The standard InChI is InChI=1S/C12H9ClN2O5S/c13-9-3-1-8(2-4-9)12(16)15-14-7-10-5-6-11(20-10)21(17,18)19/h1-7H,(H,15,16)(H,17,18,19)/p-1/b14-7-. The second-order valence-electron chi connectivity index (χ2n) is 3.82. The maximum Gasteiger partial charge on any atom is 0.271 e. The molecular weight excluding hydrogens is 320 g/mol. The zero-order chi connectivity index (χ0) is 15.5. The van der Waals surface area contributed by atoms with E-state index in [4.69, 9.17) is 16.0 Å². The topological polar surface area (TPSA) is 112 Å². The summed E-state index contributed by atoms with van der Waals surface area (Å²) in [6.07, 6.45) is 1.07. The SMILES string of the molecule is O=C(N/N=C\c1ccc(S(=O)(=O)[O-])o1)c1ccc(Cl)cc1. The van der Waals surface area contributed by atoms with E-state index in [1.807, 2.05) is 0 Å². The average Bonchev–Trinajstić information content (AvgIpc) is 2.88. The van der Waals surface area contributed by atoms with Gasteiger partial charge in [0.15, 0.2) is 10.1 Å². The highest BCUT2D eigenvalue weighted by atomic mass is 35.5. The van der Waals surface area contributed by atoms with E-state index < -0.39 is 21.1 Å². The van der Waals surface area contributed by atoms with Gasteiger partial charge in [-0.05, 0) is 36.4 Å². The van der Waals surface area contributed by atoms with E-state index in [0.29, 0.717) is 10.6 Å².